The first-order valence-corrected chi connectivity index (χ1v) is 6.75. The summed E-state index contributed by atoms with van der Waals surface area (Å²) in [6.45, 7) is 10.3. The molecular weight excluding hydrogens is 227 g/mol. The molecule has 1 saturated heterocycles. The van der Waals surface area contributed by atoms with Gasteiger partial charge in [0.25, 0.3) is 0 Å². The Kier molecular flexibility index (Phi) is 3.91. The molecular formula is C15H23FN2. The van der Waals surface area contributed by atoms with Crippen molar-refractivity contribution in [3.63, 3.8) is 0 Å². The first-order chi connectivity index (χ1) is 8.50. The number of hydrogen-bond donors (Lipinski definition) is 1. The molecule has 1 heterocycles. The van der Waals surface area contributed by atoms with Crippen molar-refractivity contribution >= 4 is 5.69 Å². The van der Waals surface area contributed by atoms with Crippen LogP contribution in [0.5, 0.6) is 0 Å². The normalized spacial score (nSPS) is 18.3. The zero-order valence-electron chi connectivity index (χ0n) is 11.6. The van der Waals surface area contributed by atoms with Gasteiger partial charge in [0.2, 0.25) is 0 Å². The zero-order valence-corrected chi connectivity index (χ0v) is 11.6. The first-order valence-electron chi connectivity index (χ1n) is 6.75. The summed E-state index contributed by atoms with van der Waals surface area (Å²) in [4.78, 5) is 2.29. The zero-order chi connectivity index (χ0) is 13.2. The topological polar surface area (TPSA) is 15.3 Å². The average molecular weight is 250 g/mol. The Labute approximate surface area is 109 Å². The summed E-state index contributed by atoms with van der Waals surface area (Å²) in [6, 6.07) is 5.37. The molecule has 100 valence electrons. The minimum Gasteiger partial charge on any atom is -0.371 e. The number of benzene rings is 1. The van der Waals surface area contributed by atoms with E-state index in [0.29, 0.717) is 5.41 Å². The van der Waals surface area contributed by atoms with Crippen molar-refractivity contribution in [2.75, 3.05) is 24.5 Å². The van der Waals surface area contributed by atoms with Crippen molar-refractivity contribution in [3.05, 3.63) is 29.6 Å². The lowest BCUT2D eigenvalue weighted by Gasteiger charge is -2.22. The van der Waals surface area contributed by atoms with Gasteiger partial charge in [0.05, 0.1) is 0 Å². The Bertz CT molecular complexity index is 415. The molecule has 0 unspecified atom stereocenters. The van der Waals surface area contributed by atoms with E-state index < -0.39 is 0 Å². The summed E-state index contributed by atoms with van der Waals surface area (Å²) in [5.41, 5.74) is 2.39. The molecule has 2 nitrogen and oxygen atoms in total. The minimum absolute atomic E-state index is 0.134. The van der Waals surface area contributed by atoms with Crippen molar-refractivity contribution in [3.8, 4) is 0 Å². The van der Waals surface area contributed by atoms with Crippen LogP contribution < -0.4 is 10.2 Å². The van der Waals surface area contributed by atoms with Crippen LogP contribution in [0.4, 0.5) is 10.1 Å². The van der Waals surface area contributed by atoms with E-state index in [4.69, 9.17) is 0 Å². The van der Waals surface area contributed by atoms with Crippen molar-refractivity contribution in [2.24, 2.45) is 5.41 Å². The van der Waals surface area contributed by atoms with Gasteiger partial charge in [-0.05, 0) is 42.1 Å². The maximum atomic E-state index is 13.6. The fraction of sp³-hybridized carbons (Fsp3) is 0.600. The van der Waals surface area contributed by atoms with E-state index in [1.54, 1.807) is 12.1 Å². The molecule has 1 aromatic carbocycles. The first kappa shape index (κ1) is 13.3. The van der Waals surface area contributed by atoms with Crippen molar-refractivity contribution in [1.82, 2.24) is 5.32 Å². The van der Waals surface area contributed by atoms with Gasteiger partial charge in [-0.1, -0.05) is 20.8 Å². The van der Waals surface area contributed by atoms with Gasteiger partial charge in [0, 0.05) is 25.3 Å². The van der Waals surface area contributed by atoms with E-state index in [1.807, 2.05) is 0 Å². The van der Waals surface area contributed by atoms with E-state index in [-0.39, 0.29) is 5.82 Å². The van der Waals surface area contributed by atoms with Gasteiger partial charge < -0.3 is 10.2 Å². The van der Waals surface area contributed by atoms with E-state index in [2.05, 4.69) is 37.1 Å². The van der Waals surface area contributed by atoms with Crippen molar-refractivity contribution in [2.45, 2.75) is 33.7 Å². The fourth-order valence-electron chi connectivity index (χ4n) is 2.52. The molecule has 0 bridgehead atoms. The molecule has 1 aliphatic heterocycles. The lowest BCUT2D eigenvalue weighted by molar-refractivity contribution is 0.418. The highest BCUT2D eigenvalue weighted by Gasteiger charge is 2.29. The van der Waals surface area contributed by atoms with E-state index in [0.717, 1.165) is 37.4 Å². The third-order valence-electron chi connectivity index (χ3n) is 3.56. The number of halogens is 1. The number of nitrogens with zero attached hydrogens (tertiary/aromatic N) is 1. The second kappa shape index (κ2) is 5.27. The summed E-state index contributed by atoms with van der Waals surface area (Å²) in [5, 5.41) is 3.24. The fourth-order valence-corrected chi connectivity index (χ4v) is 2.52. The van der Waals surface area contributed by atoms with Crippen LogP contribution >= 0.6 is 0 Å². The number of hydrogen-bond acceptors (Lipinski definition) is 2. The summed E-state index contributed by atoms with van der Waals surface area (Å²) in [5.74, 6) is -0.134. The number of rotatable bonds is 4. The largest absolute Gasteiger partial charge is 0.371 e. The smallest absolute Gasteiger partial charge is 0.125 e. The SMILES string of the molecule is CCNCc1cc(F)cc(N2CCC(C)(C)C2)c1. The Morgan fingerprint density at radius 2 is 2.11 bits per heavy atom. The van der Waals surface area contributed by atoms with Gasteiger partial charge in [-0.25, -0.2) is 4.39 Å². The molecule has 18 heavy (non-hydrogen) atoms. The molecule has 0 amide bonds. The molecule has 0 aliphatic carbocycles. The molecule has 1 N–H and O–H groups in total. The maximum absolute atomic E-state index is 13.6. The average Bonchev–Trinajstić information content (AvgIpc) is 2.66. The van der Waals surface area contributed by atoms with Crippen molar-refractivity contribution in [1.29, 1.82) is 0 Å². The molecule has 1 fully saturated rings. The van der Waals surface area contributed by atoms with Crippen LogP contribution in [0.2, 0.25) is 0 Å². The lowest BCUT2D eigenvalue weighted by atomic mass is 9.93. The lowest BCUT2D eigenvalue weighted by Crippen LogP contribution is -2.23. The summed E-state index contributed by atoms with van der Waals surface area (Å²) >= 11 is 0. The van der Waals surface area contributed by atoms with Crippen LogP contribution in [0.15, 0.2) is 18.2 Å². The molecule has 0 spiro atoms. The molecule has 0 saturated carbocycles. The van der Waals surface area contributed by atoms with Gasteiger partial charge in [0.1, 0.15) is 5.82 Å². The van der Waals surface area contributed by atoms with E-state index in [9.17, 15) is 4.39 Å². The minimum atomic E-state index is -0.134. The molecule has 1 aliphatic rings. The van der Waals surface area contributed by atoms with Gasteiger partial charge in [-0.15, -0.1) is 0 Å². The predicted molar refractivity (Wildman–Crippen MR) is 74.4 cm³/mol. The van der Waals surface area contributed by atoms with Gasteiger partial charge >= 0.3 is 0 Å². The molecule has 3 heteroatoms. The standard InChI is InChI=1S/C15H23FN2/c1-4-17-10-12-7-13(16)9-14(8-12)18-6-5-15(2,3)11-18/h7-9,17H,4-6,10-11H2,1-3H3. The van der Waals surface area contributed by atoms with Gasteiger partial charge in [-0.2, -0.15) is 0 Å². The summed E-state index contributed by atoms with van der Waals surface area (Å²) in [7, 11) is 0. The second-order valence-corrected chi connectivity index (χ2v) is 5.93. The second-order valence-electron chi connectivity index (χ2n) is 5.93. The van der Waals surface area contributed by atoms with Crippen LogP contribution in [0.3, 0.4) is 0 Å². The third-order valence-corrected chi connectivity index (χ3v) is 3.56. The van der Waals surface area contributed by atoms with Crippen LogP contribution in [0, 0.1) is 11.2 Å². The van der Waals surface area contributed by atoms with Gasteiger partial charge in [-0.3, -0.25) is 0 Å². The predicted octanol–water partition coefficient (Wildman–Crippen LogP) is 3.17. The Morgan fingerprint density at radius 3 is 2.72 bits per heavy atom. The third kappa shape index (κ3) is 3.22. The van der Waals surface area contributed by atoms with Crippen LogP contribution in [-0.2, 0) is 6.54 Å². The van der Waals surface area contributed by atoms with Crippen molar-refractivity contribution < 1.29 is 4.39 Å². The molecule has 2 rings (SSSR count). The summed E-state index contributed by atoms with van der Waals surface area (Å²) in [6.07, 6.45) is 1.17. The summed E-state index contributed by atoms with van der Waals surface area (Å²) < 4.78 is 13.6. The van der Waals surface area contributed by atoms with Gasteiger partial charge in [0.15, 0.2) is 0 Å². The Balaban J connectivity index is 2.15. The van der Waals surface area contributed by atoms with E-state index >= 15 is 0 Å². The number of nitrogens with one attached hydrogen (secondary N) is 1. The highest BCUT2D eigenvalue weighted by molar-refractivity contribution is 5.50. The number of anilines is 1. The Hall–Kier alpha value is -1.09. The molecule has 0 atom stereocenters. The van der Waals surface area contributed by atoms with Crippen LogP contribution in [0.1, 0.15) is 32.8 Å². The molecule has 1 aromatic rings. The van der Waals surface area contributed by atoms with Crippen LogP contribution in [-0.4, -0.2) is 19.6 Å². The quantitative estimate of drug-likeness (QED) is 0.883. The van der Waals surface area contributed by atoms with E-state index in [1.165, 1.54) is 6.42 Å². The molecule has 0 radical (unpaired) electrons. The monoisotopic (exact) mass is 250 g/mol. The van der Waals surface area contributed by atoms with Crippen LogP contribution in [0.25, 0.3) is 0 Å². The molecule has 0 aromatic heterocycles. The maximum Gasteiger partial charge on any atom is 0.125 e. The Morgan fingerprint density at radius 1 is 1.33 bits per heavy atom. The highest BCUT2D eigenvalue weighted by Crippen LogP contribution is 2.33. The highest BCUT2D eigenvalue weighted by atomic mass is 19.1.